The highest BCUT2D eigenvalue weighted by molar-refractivity contribution is 6.21. The molecule has 90 valence electrons. The standard InChI is InChI=1S/C10H19Cl2NO2/c1-10(2,3)15-9(14)13-7-8(12)5-4-6-11/h8H,4-7H2,1-3H3,(H,13,14). The van der Waals surface area contributed by atoms with Gasteiger partial charge in [-0.05, 0) is 33.6 Å². The number of rotatable bonds is 5. The molecule has 5 heteroatoms. The van der Waals surface area contributed by atoms with Crippen molar-refractivity contribution in [2.45, 2.75) is 44.6 Å². The summed E-state index contributed by atoms with van der Waals surface area (Å²) in [6.07, 6.45) is 1.21. The van der Waals surface area contributed by atoms with Gasteiger partial charge in [0.05, 0.1) is 5.38 Å². The SMILES string of the molecule is CC(C)(C)OC(=O)NCC(Cl)CCCCl. The van der Waals surface area contributed by atoms with Crippen molar-refractivity contribution in [1.82, 2.24) is 5.32 Å². The Morgan fingerprint density at radius 2 is 2.07 bits per heavy atom. The van der Waals surface area contributed by atoms with Gasteiger partial charge < -0.3 is 10.1 Å². The average molecular weight is 256 g/mol. The Morgan fingerprint density at radius 3 is 2.53 bits per heavy atom. The second kappa shape index (κ2) is 7.18. The van der Waals surface area contributed by atoms with Gasteiger partial charge in [0.15, 0.2) is 0 Å². The highest BCUT2D eigenvalue weighted by atomic mass is 35.5. The molecule has 1 atom stereocenters. The summed E-state index contributed by atoms with van der Waals surface area (Å²) in [7, 11) is 0. The molecule has 0 rings (SSSR count). The Kier molecular flexibility index (Phi) is 7.11. The zero-order chi connectivity index (χ0) is 11.9. The molecule has 0 spiro atoms. The number of amides is 1. The molecular weight excluding hydrogens is 237 g/mol. The normalized spacial score (nSPS) is 13.4. The number of alkyl carbamates (subject to hydrolysis) is 1. The van der Waals surface area contributed by atoms with Crippen molar-refractivity contribution in [2.24, 2.45) is 0 Å². The van der Waals surface area contributed by atoms with Gasteiger partial charge in [0.1, 0.15) is 5.60 Å². The lowest BCUT2D eigenvalue weighted by molar-refractivity contribution is 0.0527. The smallest absolute Gasteiger partial charge is 0.407 e. The minimum absolute atomic E-state index is 0.0868. The van der Waals surface area contributed by atoms with Gasteiger partial charge in [0, 0.05) is 12.4 Å². The minimum atomic E-state index is -0.470. The van der Waals surface area contributed by atoms with Crippen LogP contribution in [0.3, 0.4) is 0 Å². The van der Waals surface area contributed by atoms with Gasteiger partial charge in [0.25, 0.3) is 0 Å². The van der Waals surface area contributed by atoms with Crippen LogP contribution in [0, 0.1) is 0 Å². The number of nitrogens with one attached hydrogen (secondary N) is 1. The predicted octanol–water partition coefficient (Wildman–Crippen LogP) is 3.14. The Bertz CT molecular complexity index is 192. The first kappa shape index (κ1) is 14.8. The van der Waals surface area contributed by atoms with E-state index in [4.69, 9.17) is 27.9 Å². The molecule has 0 heterocycles. The fraction of sp³-hybridized carbons (Fsp3) is 0.900. The third-order valence-corrected chi connectivity index (χ3v) is 2.16. The Labute approximate surface area is 101 Å². The number of hydrogen-bond donors (Lipinski definition) is 1. The van der Waals surface area contributed by atoms with Crippen LogP contribution in [-0.2, 0) is 4.74 Å². The van der Waals surface area contributed by atoms with Crippen molar-refractivity contribution in [3.63, 3.8) is 0 Å². The number of carbonyl (C=O) groups is 1. The molecule has 0 aromatic heterocycles. The maximum absolute atomic E-state index is 11.2. The number of alkyl halides is 2. The second-order valence-corrected chi connectivity index (χ2v) is 5.31. The maximum Gasteiger partial charge on any atom is 0.407 e. The van der Waals surface area contributed by atoms with Crippen LogP contribution in [0.5, 0.6) is 0 Å². The van der Waals surface area contributed by atoms with Crippen LogP contribution in [0.25, 0.3) is 0 Å². The van der Waals surface area contributed by atoms with E-state index in [1.807, 2.05) is 20.8 Å². The zero-order valence-electron chi connectivity index (χ0n) is 9.48. The van der Waals surface area contributed by atoms with Gasteiger partial charge in [-0.2, -0.15) is 0 Å². The first-order valence-electron chi connectivity index (χ1n) is 5.02. The van der Waals surface area contributed by atoms with Crippen molar-refractivity contribution in [2.75, 3.05) is 12.4 Å². The maximum atomic E-state index is 11.2. The van der Waals surface area contributed by atoms with E-state index in [0.717, 1.165) is 12.8 Å². The summed E-state index contributed by atoms with van der Waals surface area (Å²) >= 11 is 11.5. The van der Waals surface area contributed by atoms with Gasteiger partial charge in [-0.15, -0.1) is 23.2 Å². The van der Waals surface area contributed by atoms with E-state index in [1.54, 1.807) is 0 Å². The number of carbonyl (C=O) groups excluding carboxylic acids is 1. The van der Waals surface area contributed by atoms with Crippen LogP contribution in [-0.4, -0.2) is 29.5 Å². The molecule has 0 aliphatic heterocycles. The molecule has 0 bridgehead atoms. The third-order valence-electron chi connectivity index (χ3n) is 1.52. The second-order valence-electron chi connectivity index (χ2n) is 4.31. The summed E-state index contributed by atoms with van der Waals surface area (Å²) < 4.78 is 5.06. The fourth-order valence-corrected chi connectivity index (χ4v) is 1.29. The topological polar surface area (TPSA) is 38.3 Å². The van der Waals surface area contributed by atoms with Crippen LogP contribution < -0.4 is 5.32 Å². The Hall–Kier alpha value is -0.150. The van der Waals surface area contributed by atoms with Gasteiger partial charge in [-0.1, -0.05) is 0 Å². The molecule has 1 unspecified atom stereocenters. The molecule has 15 heavy (non-hydrogen) atoms. The highest BCUT2D eigenvalue weighted by Gasteiger charge is 2.16. The molecule has 1 N–H and O–H groups in total. The summed E-state index contributed by atoms with van der Waals surface area (Å²) in [6.45, 7) is 5.86. The lowest BCUT2D eigenvalue weighted by Gasteiger charge is -2.20. The van der Waals surface area contributed by atoms with Crippen LogP contribution >= 0.6 is 23.2 Å². The van der Waals surface area contributed by atoms with Crippen molar-refractivity contribution in [1.29, 1.82) is 0 Å². The van der Waals surface area contributed by atoms with E-state index in [9.17, 15) is 4.79 Å². The third kappa shape index (κ3) is 10.1. The highest BCUT2D eigenvalue weighted by Crippen LogP contribution is 2.08. The minimum Gasteiger partial charge on any atom is -0.444 e. The van der Waals surface area contributed by atoms with Gasteiger partial charge in [0.2, 0.25) is 0 Å². The average Bonchev–Trinajstić information content (AvgIpc) is 2.08. The Morgan fingerprint density at radius 1 is 1.47 bits per heavy atom. The zero-order valence-corrected chi connectivity index (χ0v) is 11.0. The molecule has 0 saturated heterocycles. The van der Waals surface area contributed by atoms with Gasteiger partial charge >= 0.3 is 6.09 Å². The van der Waals surface area contributed by atoms with E-state index in [1.165, 1.54) is 0 Å². The van der Waals surface area contributed by atoms with Crippen LogP contribution in [0.2, 0.25) is 0 Å². The van der Waals surface area contributed by atoms with E-state index < -0.39 is 11.7 Å². The summed E-state index contributed by atoms with van der Waals surface area (Å²) in [5.41, 5.74) is -0.470. The molecule has 1 amide bonds. The quantitative estimate of drug-likeness (QED) is 0.767. The summed E-state index contributed by atoms with van der Waals surface area (Å²) in [5, 5.41) is 2.52. The van der Waals surface area contributed by atoms with E-state index >= 15 is 0 Å². The molecule has 3 nitrogen and oxygen atoms in total. The molecule has 0 radical (unpaired) electrons. The molecule has 0 aliphatic carbocycles. The summed E-state index contributed by atoms with van der Waals surface area (Å²) in [5.74, 6) is 0.593. The molecule has 0 aromatic carbocycles. The van der Waals surface area contributed by atoms with Crippen LogP contribution in [0.1, 0.15) is 33.6 Å². The monoisotopic (exact) mass is 255 g/mol. The molecular formula is C10H19Cl2NO2. The fourth-order valence-electron chi connectivity index (χ4n) is 0.909. The Balaban J connectivity index is 3.62. The predicted molar refractivity (Wildman–Crippen MR) is 63.8 cm³/mol. The van der Waals surface area contributed by atoms with Crippen molar-refractivity contribution in [3.05, 3.63) is 0 Å². The van der Waals surface area contributed by atoms with Crippen LogP contribution in [0.4, 0.5) is 4.79 Å². The van der Waals surface area contributed by atoms with Crippen LogP contribution in [0.15, 0.2) is 0 Å². The van der Waals surface area contributed by atoms with E-state index in [-0.39, 0.29) is 5.38 Å². The molecule has 0 aliphatic rings. The van der Waals surface area contributed by atoms with E-state index in [2.05, 4.69) is 5.32 Å². The van der Waals surface area contributed by atoms with Gasteiger partial charge in [-0.25, -0.2) is 4.79 Å². The first-order chi connectivity index (χ1) is 6.85. The lowest BCUT2D eigenvalue weighted by Crippen LogP contribution is -2.35. The van der Waals surface area contributed by atoms with Crippen molar-refractivity contribution >= 4 is 29.3 Å². The molecule has 0 aromatic rings. The number of ether oxygens (including phenoxy) is 1. The molecule has 0 fully saturated rings. The van der Waals surface area contributed by atoms with E-state index in [0.29, 0.717) is 12.4 Å². The van der Waals surface area contributed by atoms with Crippen molar-refractivity contribution < 1.29 is 9.53 Å². The number of hydrogen-bond acceptors (Lipinski definition) is 2. The van der Waals surface area contributed by atoms with Crippen molar-refractivity contribution in [3.8, 4) is 0 Å². The lowest BCUT2D eigenvalue weighted by atomic mass is 10.2. The number of halogens is 2. The summed E-state index contributed by atoms with van der Waals surface area (Å²) in [6, 6.07) is 0. The largest absolute Gasteiger partial charge is 0.444 e. The van der Waals surface area contributed by atoms with Gasteiger partial charge in [-0.3, -0.25) is 0 Å². The molecule has 0 saturated carbocycles. The first-order valence-corrected chi connectivity index (χ1v) is 5.99. The summed E-state index contributed by atoms with van der Waals surface area (Å²) in [4.78, 5) is 11.2.